The first-order valence-electron chi connectivity index (χ1n) is 9.06. The smallest absolute Gasteiger partial charge is 0.247 e. The molecular weight excluding hydrogens is 334 g/mol. The molecule has 0 radical (unpaired) electrons. The van der Waals surface area contributed by atoms with E-state index < -0.39 is 6.04 Å². The lowest BCUT2D eigenvalue weighted by atomic mass is 10.1. The second-order valence-corrected chi connectivity index (χ2v) is 6.74. The summed E-state index contributed by atoms with van der Waals surface area (Å²) in [5.41, 5.74) is 0.670. The van der Waals surface area contributed by atoms with E-state index in [0.29, 0.717) is 37.5 Å². The first-order valence-corrected chi connectivity index (χ1v) is 9.06. The molecule has 7 nitrogen and oxygen atoms in total. The third-order valence-electron chi connectivity index (χ3n) is 5.14. The Morgan fingerprint density at radius 2 is 2.00 bits per heavy atom. The van der Waals surface area contributed by atoms with Gasteiger partial charge in [0.15, 0.2) is 0 Å². The van der Waals surface area contributed by atoms with Crippen LogP contribution in [0, 0.1) is 5.92 Å². The molecule has 140 valence electrons. The number of benzene rings is 1. The fraction of sp³-hybridized carbons (Fsp3) is 0.526. The van der Waals surface area contributed by atoms with E-state index in [9.17, 15) is 14.4 Å². The molecule has 1 N–H and O–H groups in total. The van der Waals surface area contributed by atoms with Crippen molar-refractivity contribution in [3.63, 3.8) is 0 Å². The van der Waals surface area contributed by atoms with Crippen LogP contribution >= 0.6 is 0 Å². The number of amides is 3. The molecule has 0 spiro atoms. The summed E-state index contributed by atoms with van der Waals surface area (Å²) in [6.07, 6.45) is 1.69. The summed E-state index contributed by atoms with van der Waals surface area (Å²) in [5, 5.41) is 2.87. The van der Waals surface area contributed by atoms with Crippen LogP contribution in [0.3, 0.4) is 0 Å². The van der Waals surface area contributed by atoms with E-state index in [-0.39, 0.29) is 30.1 Å². The molecule has 26 heavy (non-hydrogen) atoms. The van der Waals surface area contributed by atoms with Gasteiger partial charge in [-0.25, -0.2) is 0 Å². The molecule has 0 bridgehead atoms. The van der Waals surface area contributed by atoms with E-state index in [2.05, 4.69) is 5.32 Å². The number of anilines is 1. The summed E-state index contributed by atoms with van der Waals surface area (Å²) >= 11 is 0. The maximum absolute atomic E-state index is 12.9. The van der Waals surface area contributed by atoms with Gasteiger partial charge < -0.3 is 19.9 Å². The highest BCUT2D eigenvalue weighted by Gasteiger charge is 2.41. The summed E-state index contributed by atoms with van der Waals surface area (Å²) in [6.45, 7) is 3.55. The van der Waals surface area contributed by atoms with Gasteiger partial charge in [-0.2, -0.15) is 0 Å². The van der Waals surface area contributed by atoms with Crippen LogP contribution in [0.2, 0.25) is 0 Å². The van der Waals surface area contributed by atoms with Crippen LogP contribution in [0.5, 0.6) is 5.75 Å². The molecule has 1 aromatic rings. The van der Waals surface area contributed by atoms with Gasteiger partial charge in [-0.05, 0) is 44.0 Å². The van der Waals surface area contributed by atoms with E-state index in [1.807, 2.05) is 6.92 Å². The lowest BCUT2D eigenvalue weighted by molar-refractivity contribution is -0.140. The third kappa shape index (κ3) is 3.66. The predicted octanol–water partition coefficient (Wildman–Crippen LogP) is 1.49. The number of hydrogen-bond donors (Lipinski definition) is 1. The molecule has 0 aromatic heterocycles. The molecule has 2 unspecified atom stereocenters. The summed E-state index contributed by atoms with van der Waals surface area (Å²) in [7, 11) is 1.59. The molecule has 2 heterocycles. The van der Waals surface area contributed by atoms with Gasteiger partial charge in [0.2, 0.25) is 17.7 Å². The van der Waals surface area contributed by atoms with E-state index >= 15 is 0 Å². The number of methoxy groups -OCH3 is 1. The normalized spacial score (nSPS) is 22.6. The van der Waals surface area contributed by atoms with Gasteiger partial charge in [0.05, 0.1) is 13.0 Å². The average molecular weight is 359 g/mol. The van der Waals surface area contributed by atoms with Crippen molar-refractivity contribution in [2.45, 2.75) is 32.2 Å². The number of carbonyl (C=O) groups is 3. The molecule has 3 rings (SSSR count). The largest absolute Gasteiger partial charge is 0.497 e. The molecule has 0 aliphatic carbocycles. The zero-order valence-corrected chi connectivity index (χ0v) is 15.2. The second kappa shape index (κ2) is 7.76. The molecule has 3 amide bonds. The molecule has 2 aliphatic rings. The molecule has 1 aromatic carbocycles. The minimum Gasteiger partial charge on any atom is -0.497 e. The Morgan fingerprint density at radius 1 is 1.27 bits per heavy atom. The minimum absolute atomic E-state index is 0.0179. The van der Waals surface area contributed by atoms with E-state index in [1.54, 1.807) is 41.2 Å². The highest BCUT2D eigenvalue weighted by atomic mass is 16.5. The minimum atomic E-state index is -0.476. The highest BCUT2D eigenvalue weighted by Crippen LogP contribution is 2.26. The second-order valence-electron chi connectivity index (χ2n) is 6.74. The average Bonchev–Trinajstić information content (AvgIpc) is 3.28. The number of hydrogen-bond acceptors (Lipinski definition) is 4. The van der Waals surface area contributed by atoms with Crippen LogP contribution in [0.1, 0.15) is 26.2 Å². The van der Waals surface area contributed by atoms with Crippen LogP contribution < -0.4 is 10.1 Å². The predicted molar refractivity (Wildman–Crippen MR) is 96.7 cm³/mol. The van der Waals surface area contributed by atoms with Gasteiger partial charge in [-0.1, -0.05) is 0 Å². The Labute approximate surface area is 153 Å². The van der Waals surface area contributed by atoms with Crippen molar-refractivity contribution in [2.24, 2.45) is 5.92 Å². The number of nitrogens with one attached hydrogen (secondary N) is 1. The van der Waals surface area contributed by atoms with Crippen molar-refractivity contribution in [3.8, 4) is 5.75 Å². The van der Waals surface area contributed by atoms with Crippen molar-refractivity contribution < 1.29 is 19.1 Å². The molecule has 2 aliphatic heterocycles. The van der Waals surface area contributed by atoms with Gasteiger partial charge in [-0.3, -0.25) is 14.4 Å². The maximum Gasteiger partial charge on any atom is 0.247 e. The zero-order valence-electron chi connectivity index (χ0n) is 15.2. The van der Waals surface area contributed by atoms with Crippen molar-refractivity contribution in [3.05, 3.63) is 24.3 Å². The molecule has 7 heteroatoms. The van der Waals surface area contributed by atoms with Gasteiger partial charge in [-0.15, -0.1) is 0 Å². The Morgan fingerprint density at radius 3 is 2.62 bits per heavy atom. The van der Waals surface area contributed by atoms with E-state index in [4.69, 9.17) is 4.74 Å². The van der Waals surface area contributed by atoms with Crippen molar-refractivity contribution in [1.29, 1.82) is 0 Å². The third-order valence-corrected chi connectivity index (χ3v) is 5.14. The Balaban J connectivity index is 1.64. The van der Waals surface area contributed by atoms with Crippen LogP contribution in [0.15, 0.2) is 24.3 Å². The van der Waals surface area contributed by atoms with Gasteiger partial charge in [0.1, 0.15) is 11.8 Å². The first-order chi connectivity index (χ1) is 12.5. The standard InChI is InChI=1S/C19H25N3O4/c1-3-21-12-13(11-17(21)23)19(25)22-10-4-5-16(22)18(24)20-14-6-8-15(26-2)9-7-14/h6-9,13,16H,3-5,10-12H2,1-2H3,(H,20,24). The number of rotatable bonds is 5. The number of likely N-dealkylation sites (tertiary alicyclic amines) is 2. The van der Waals surface area contributed by atoms with Gasteiger partial charge >= 0.3 is 0 Å². The van der Waals surface area contributed by atoms with Crippen LogP contribution in [0.4, 0.5) is 5.69 Å². The maximum atomic E-state index is 12.9. The van der Waals surface area contributed by atoms with Crippen molar-refractivity contribution >= 4 is 23.4 Å². The molecule has 2 saturated heterocycles. The molecule has 2 atom stereocenters. The van der Waals surface area contributed by atoms with Crippen LogP contribution in [-0.2, 0) is 14.4 Å². The summed E-state index contributed by atoms with van der Waals surface area (Å²) in [4.78, 5) is 40.8. The Hall–Kier alpha value is -2.57. The Bertz CT molecular complexity index is 689. The fourth-order valence-electron chi connectivity index (χ4n) is 3.68. The molecule has 0 saturated carbocycles. The topological polar surface area (TPSA) is 79.0 Å². The quantitative estimate of drug-likeness (QED) is 0.864. The van der Waals surface area contributed by atoms with Crippen molar-refractivity contribution in [1.82, 2.24) is 9.80 Å². The zero-order chi connectivity index (χ0) is 18.7. The van der Waals surface area contributed by atoms with E-state index in [1.165, 1.54) is 0 Å². The first kappa shape index (κ1) is 18.2. The number of carbonyl (C=O) groups excluding carboxylic acids is 3. The molecule has 2 fully saturated rings. The molecular formula is C19H25N3O4. The summed E-state index contributed by atoms with van der Waals surface area (Å²) in [5.74, 6) is 0.132. The summed E-state index contributed by atoms with van der Waals surface area (Å²) in [6, 6.07) is 6.61. The van der Waals surface area contributed by atoms with Gasteiger partial charge in [0.25, 0.3) is 0 Å². The monoisotopic (exact) mass is 359 g/mol. The van der Waals surface area contributed by atoms with Crippen LogP contribution in [0.25, 0.3) is 0 Å². The highest BCUT2D eigenvalue weighted by molar-refractivity contribution is 5.98. The van der Waals surface area contributed by atoms with E-state index in [0.717, 1.165) is 6.42 Å². The lowest BCUT2D eigenvalue weighted by Crippen LogP contribution is -2.46. The number of ether oxygens (including phenoxy) is 1. The Kier molecular flexibility index (Phi) is 5.44. The SMILES string of the molecule is CCN1CC(C(=O)N2CCCC2C(=O)Nc2ccc(OC)cc2)CC1=O. The number of nitrogens with zero attached hydrogens (tertiary/aromatic N) is 2. The van der Waals surface area contributed by atoms with Crippen molar-refractivity contribution in [2.75, 3.05) is 32.1 Å². The fourth-order valence-corrected chi connectivity index (χ4v) is 3.68. The summed E-state index contributed by atoms with van der Waals surface area (Å²) < 4.78 is 5.11. The lowest BCUT2D eigenvalue weighted by Gasteiger charge is -2.26. The van der Waals surface area contributed by atoms with Crippen LogP contribution in [-0.4, -0.2) is 60.3 Å². The van der Waals surface area contributed by atoms with Gasteiger partial charge in [0, 0.05) is 31.7 Å².